The summed E-state index contributed by atoms with van der Waals surface area (Å²) in [5.74, 6) is 0.839. The first kappa shape index (κ1) is 18.1. The number of fused-ring (bicyclic) bond motifs is 3. The Balaban J connectivity index is 1.85. The zero-order valence-corrected chi connectivity index (χ0v) is 17.6. The Kier molecular flexibility index (Phi) is 4.11. The van der Waals surface area contributed by atoms with E-state index in [-0.39, 0.29) is 11.3 Å². The van der Waals surface area contributed by atoms with Crippen LogP contribution in [-0.2, 0) is 10.2 Å². The van der Waals surface area contributed by atoms with Crippen LogP contribution in [0.25, 0.3) is 6.08 Å². The van der Waals surface area contributed by atoms with Crippen molar-refractivity contribution in [2.45, 2.75) is 31.8 Å². The Bertz CT molecular complexity index is 967. The van der Waals surface area contributed by atoms with Crippen molar-refractivity contribution in [3.63, 3.8) is 0 Å². The number of benzene rings is 2. The first-order valence-electron chi connectivity index (χ1n) is 9.01. The molecule has 1 fully saturated rings. The molecule has 1 amide bonds. The van der Waals surface area contributed by atoms with Gasteiger partial charge in [0.15, 0.2) is 0 Å². The smallest absolute Gasteiger partial charge is 0.241 e. The zero-order chi connectivity index (χ0) is 19.4. The quantitative estimate of drug-likeness (QED) is 0.790. The van der Waals surface area contributed by atoms with Gasteiger partial charge in [-0.15, -0.1) is 0 Å². The summed E-state index contributed by atoms with van der Waals surface area (Å²) < 4.78 is 6.49. The number of hydrogen-bond donors (Lipinski definition) is 1. The molecule has 0 saturated carbocycles. The number of methoxy groups -OCH3 is 1. The molecule has 2 heterocycles. The third-order valence-electron chi connectivity index (χ3n) is 5.82. The van der Waals surface area contributed by atoms with Gasteiger partial charge < -0.3 is 15.0 Å². The van der Waals surface area contributed by atoms with Crippen LogP contribution >= 0.6 is 15.9 Å². The third-order valence-corrected chi connectivity index (χ3v) is 6.32. The monoisotopic (exact) mass is 426 g/mol. The van der Waals surface area contributed by atoms with Gasteiger partial charge in [0.25, 0.3) is 0 Å². The van der Waals surface area contributed by atoms with E-state index in [2.05, 4.69) is 71.2 Å². The predicted octanol–water partition coefficient (Wildman–Crippen LogP) is 4.40. The van der Waals surface area contributed by atoms with Crippen molar-refractivity contribution >= 4 is 33.6 Å². The topological polar surface area (TPSA) is 41.6 Å². The molecule has 4 nitrogen and oxygen atoms in total. The molecule has 5 heteroatoms. The second-order valence-corrected chi connectivity index (χ2v) is 8.68. The van der Waals surface area contributed by atoms with Gasteiger partial charge in [0.2, 0.25) is 5.91 Å². The van der Waals surface area contributed by atoms with Crippen LogP contribution < -0.4 is 15.0 Å². The minimum Gasteiger partial charge on any atom is -0.496 e. The number of hydrogen-bond acceptors (Lipinski definition) is 3. The van der Waals surface area contributed by atoms with Crippen LogP contribution in [0.4, 0.5) is 5.69 Å². The second kappa shape index (κ2) is 6.13. The number of amides is 1. The fourth-order valence-corrected chi connectivity index (χ4v) is 4.71. The number of carbonyl (C=O) groups excluding carboxylic acids is 1. The molecule has 140 valence electrons. The molecule has 0 aliphatic carbocycles. The van der Waals surface area contributed by atoms with E-state index < -0.39 is 5.66 Å². The van der Waals surface area contributed by atoms with Crippen LogP contribution in [-0.4, -0.2) is 25.2 Å². The summed E-state index contributed by atoms with van der Waals surface area (Å²) in [4.78, 5) is 14.6. The molecule has 1 saturated heterocycles. The van der Waals surface area contributed by atoms with Crippen LogP contribution in [0.5, 0.6) is 5.75 Å². The summed E-state index contributed by atoms with van der Waals surface area (Å²) in [6, 6.07) is 12.4. The molecule has 0 unspecified atom stereocenters. The normalized spacial score (nSPS) is 22.7. The van der Waals surface area contributed by atoms with Gasteiger partial charge in [-0.2, -0.15) is 0 Å². The zero-order valence-electron chi connectivity index (χ0n) is 16.0. The standard InChI is InChI=1S/C22H23BrN2O2/c1-14-5-7-18-17(11-14)21(2,3)22(24-20(26)13-25(18)22)10-9-15-12-16(23)6-8-19(15)27-4/h5-12H,13H2,1-4H3,(H,24,26)/t22-/m0/s1. The SMILES string of the molecule is COc1ccc(Br)cc1C=C[C@]12NC(=O)CN1c1ccc(C)cc1C2(C)C. The van der Waals surface area contributed by atoms with Crippen LogP contribution in [0.1, 0.15) is 30.5 Å². The van der Waals surface area contributed by atoms with E-state index in [9.17, 15) is 4.79 Å². The van der Waals surface area contributed by atoms with Crippen molar-refractivity contribution < 1.29 is 9.53 Å². The Morgan fingerprint density at radius 1 is 1.22 bits per heavy atom. The molecule has 0 spiro atoms. The summed E-state index contributed by atoms with van der Waals surface area (Å²) >= 11 is 3.53. The van der Waals surface area contributed by atoms with Crippen LogP contribution in [0.3, 0.4) is 0 Å². The Hall–Kier alpha value is -2.27. The molecule has 0 aromatic heterocycles. The number of nitrogens with zero attached hydrogens (tertiary/aromatic N) is 1. The molecule has 2 aliphatic heterocycles. The summed E-state index contributed by atoms with van der Waals surface area (Å²) in [5, 5.41) is 3.26. The van der Waals surface area contributed by atoms with E-state index in [1.54, 1.807) is 7.11 Å². The first-order valence-corrected chi connectivity index (χ1v) is 9.80. The van der Waals surface area contributed by atoms with Crippen molar-refractivity contribution in [2.75, 3.05) is 18.6 Å². The van der Waals surface area contributed by atoms with Crippen LogP contribution in [0.2, 0.25) is 0 Å². The molecule has 0 bridgehead atoms. The highest BCUT2D eigenvalue weighted by molar-refractivity contribution is 9.10. The van der Waals surface area contributed by atoms with Crippen molar-refractivity contribution in [1.29, 1.82) is 0 Å². The maximum absolute atomic E-state index is 12.4. The van der Waals surface area contributed by atoms with E-state index in [1.165, 1.54) is 11.1 Å². The highest BCUT2D eigenvalue weighted by Crippen LogP contribution is 2.53. The number of aryl methyl sites for hydroxylation is 1. The maximum atomic E-state index is 12.4. The average Bonchev–Trinajstić information content (AvgIpc) is 3.04. The van der Waals surface area contributed by atoms with Gasteiger partial charge >= 0.3 is 0 Å². The van der Waals surface area contributed by atoms with E-state index in [1.807, 2.05) is 24.3 Å². The van der Waals surface area contributed by atoms with Crippen molar-refractivity contribution in [2.24, 2.45) is 0 Å². The van der Waals surface area contributed by atoms with Gasteiger partial charge in [0, 0.05) is 21.1 Å². The first-order chi connectivity index (χ1) is 12.8. The molecule has 1 N–H and O–H groups in total. The van der Waals surface area contributed by atoms with Gasteiger partial charge in [-0.3, -0.25) is 4.79 Å². The number of anilines is 1. The van der Waals surface area contributed by atoms with Gasteiger partial charge in [0.05, 0.1) is 13.7 Å². The Morgan fingerprint density at radius 2 is 2.00 bits per heavy atom. The van der Waals surface area contributed by atoms with Crippen LogP contribution in [0.15, 0.2) is 46.9 Å². The number of ether oxygens (including phenoxy) is 1. The predicted molar refractivity (Wildman–Crippen MR) is 112 cm³/mol. The Labute approximate surface area is 168 Å². The van der Waals surface area contributed by atoms with E-state index in [0.29, 0.717) is 6.54 Å². The molecule has 2 aliphatic rings. The minimum atomic E-state index is -0.604. The van der Waals surface area contributed by atoms with E-state index in [0.717, 1.165) is 21.5 Å². The molecule has 4 rings (SSSR count). The number of halogens is 1. The summed E-state index contributed by atoms with van der Waals surface area (Å²) in [5.41, 5.74) is 3.68. The fourth-order valence-electron chi connectivity index (χ4n) is 4.33. The lowest BCUT2D eigenvalue weighted by Crippen LogP contribution is -2.58. The minimum absolute atomic E-state index is 0.0418. The molecule has 27 heavy (non-hydrogen) atoms. The molecular weight excluding hydrogens is 404 g/mol. The lowest BCUT2D eigenvalue weighted by Gasteiger charge is -2.40. The van der Waals surface area contributed by atoms with Crippen LogP contribution in [0, 0.1) is 6.92 Å². The van der Waals surface area contributed by atoms with Gasteiger partial charge in [0.1, 0.15) is 11.4 Å². The van der Waals surface area contributed by atoms with Crippen molar-refractivity contribution in [3.05, 3.63) is 63.6 Å². The largest absolute Gasteiger partial charge is 0.496 e. The van der Waals surface area contributed by atoms with Crippen molar-refractivity contribution in [3.8, 4) is 5.75 Å². The van der Waals surface area contributed by atoms with Crippen molar-refractivity contribution in [1.82, 2.24) is 5.32 Å². The summed E-state index contributed by atoms with van der Waals surface area (Å²) in [6.45, 7) is 6.85. The molecule has 2 aromatic carbocycles. The summed E-state index contributed by atoms with van der Waals surface area (Å²) in [7, 11) is 1.67. The molecular formula is C22H23BrN2O2. The second-order valence-electron chi connectivity index (χ2n) is 7.77. The highest BCUT2D eigenvalue weighted by Gasteiger charge is 2.59. The molecule has 0 radical (unpaired) electrons. The highest BCUT2D eigenvalue weighted by atomic mass is 79.9. The van der Waals surface area contributed by atoms with Gasteiger partial charge in [-0.1, -0.05) is 53.5 Å². The third kappa shape index (κ3) is 2.59. The lowest BCUT2D eigenvalue weighted by atomic mass is 9.75. The number of nitrogens with one attached hydrogen (secondary N) is 1. The summed E-state index contributed by atoms with van der Waals surface area (Å²) in [6.07, 6.45) is 4.15. The Morgan fingerprint density at radius 3 is 2.74 bits per heavy atom. The maximum Gasteiger partial charge on any atom is 0.241 e. The lowest BCUT2D eigenvalue weighted by molar-refractivity contribution is -0.118. The number of carbonyl (C=O) groups is 1. The van der Waals surface area contributed by atoms with Gasteiger partial charge in [-0.25, -0.2) is 0 Å². The average molecular weight is 427 g/mol. The van der Waals surface area contributed by atoms with Gasteiger partial charge in [-0.05, 0) is 42.8 Å². The number of rotatable bonds is 3. The molecule has 1 atom stereocenters. The van der Waals surface area contributed by atoms with E-state index >= 15 is 0 Å². The van der Waals surface area contributed by atoms with E-state index in [4.69, 9.17) is 4.74 Å². The molecule has 2 aromatic rings. The fraction of sp³-hybridized carbons (Fsp3) is 0.318.